The molecule has 2 aromatic heterocycles. The van der Waals surface area contributed by atoms with Crippen LogP contribution in [0.25, 0.3) is 11.6 Å². The number of nitrogens with zero attached hydrogens (tertiary/aromatic N) is 3. The Hall–Kier alpha value is -3.27. The molecule has 3 rings (SSSR count). The number of nitrogens with one attached hydrogen (secondary N) is 1. The number of rotatable bonds is 11. The standard InChI is InChI=1S/C21H24N4O5S/c1-3-25-20(17-5-4-12-29-17)23-24-21(25)31-14-19(27)30-13-18(26)22-11-10-15-6-8-16(28-2)9-7-15/h4-9,12H,3,10-11,13-14H2,1-2H3,(H,22,26). The molecule has 1 N–H and O–H groups in total. The Balaban J connectivity index is 1.37. The second-order valence-electron chi connectivity index (χ2n) is 6.43. The first kappa shape index (κ1) is 22.4. The summed E-state index contributed by atoms with van der Waals surface area (Å²) in [7, 11) is 1.61. The molecule has 0 aliphatic rings. The molecule has 0 aliphatic carbocycles. The third kappa shape index (κ3) is 6.35. The van der Waals surface area contributed by atoms with E-state index in [2.05, 4.69) is 15.5 Å². The van der Waals surface area contributed by atoms with E-state index in [-0.39, 0.29) is 18.3 Å². The first-order valence-electron chi connectivity index (χ1n) is 9.75. The number of esters is 1. The van der Waals surface area contributed by atoms with Gasteiger partial charge in [0.1, 0.15) is 5.75 Å². The summed E-state index contributed by atoms with van der Waals surface area (Å²) >= 11 is 1.20. The number of hydrogen-bond acceptors (Lipinski definition) is 8. The van der Waals surface area contributed by atoms with Crippen molar-refractivity contribution in [3.8, 4) is 17.3 Å². The minimum atomic E-state index is -0.500. The number of aromatic nitrogens is 3. The number of benzene rings is 1. The van der Waals surface area contributed by atoms with Crippen molar-refractivity contribution in [3.63, 3.8) is 0 Å². The lowest BCUT2D eigenvalue weighted by atomic mass is 10.1. The van der Waals surface area contributed by atoms with Gasteiger partial charge in [0, 0.05) is 13.1 Å². The lowest BCUT2D eigenvalue weighted by molar-refractivity contribution is -0.145. The highest BCUT2D eigenvalue weighted by Gasteiger charge is 2.17. The number of amides is 1. The topological polar surface area (TPSA) is 108 Å². The number of carbonyl (C=O) groups is 2. The molecule has 1 aromatic carbocycles. The minimum absolute atomic E-state index is 0.0232. The fourth-order valence-corrected chi connectivity index (χ4v) is 3.57. The van der Waals surface area contributed by atoms with E-state index in [1.54, 1.807) is 25.5 Å². The predicted molar refractivity (Wildman–Crippen MR) is 115 cm³/mol. The van der Waals surface area contributed by atoms with Gasteiger partial charge in [-0.3, -0.25) is 14.2 Å². The average molecular weight is 445 g/mol. The van der Waals surface area contributed by atoms with Crippen molar-refractivity contribution in [2.45, 2.75) is 25.0 Å². The zero-order chi connectivity index (χ0) is 22.1. The fourth-order valence-electron chi connectivity index (χ4n) is 2.77. The molecule has 0 atom stereocenters. The van der Waals surface area contributed by atoms with Gasteiger partial charge in [-0.05, 0) is 43.2 Å². The summed E-state index contributed by atoms with van der Waals surface area (Å²) in [6.45, 7) is 2.71. The van der Waals surface area contributed by atoms with Gasteiger partial charge < -0.3 is 19.2 Å². The maximum atomic E-state index is 12.0. The van der Waals surface area contributed by atoms with Crippen molar-refractivity contribution in [1.29, 1.82) is 0 Å². The molecule has 2 heterocycles. The first-order valence-corrected chi connectivity index (χ1v) is 10.7. The Morgan fingerprint density at radius 1 is 1.19 bits per heavy atom. The molecule has 0 saturated carbocycles. The van der Waals surface area contributed by atoms with Crippen LogP contribution in [-0.4, -0.2) is 52.7 Å². The summed E-state index contributed by atoms with van der Waals surface area (Å²) in [6, 6.07) is 11.2. The third-order valence-electron chi connectivity index (χ3n) is 4.35. The van der Waals surface area contributed by atoms with Crippen LogP contribution in [0.5, 0.6) is 5.75 Å². The lowest BCUT2D eigenvalue weighted by Crippen LogP contribution is -2.30. The van der Waals surface area contributed by atoms with Crippen LogP contribution >= 0.6 is 11.8 Å². The summed E-state index contributed by atoms with van der Waals surface area (Å²) in [6.07, 6.45) is 2.24. The van der Waals surface area contributed by atoms with Crippen molar-refractivity contribution in [3.05, 3.63) is 48.2 Å². The van der Waals surface area contributed by atoms with Gasteiger partial charge in [-0.1, -0.05) is 23.9 Å². The van der Waals surface area contributed by atoms with Crippen molar-refractivity contribution in [2.24, 2.45) is 0 Å². The largest absolute Gasteiger partial charge is 0.497 e. The van der Waals surface area contributed by atoms with E-state index in [9.17, 15) is 9.59 Å². The SMILES string of the molecule is CCn1c(SCC(=O)OCC(=O)NCCc2ccc(OC)cc2)nnc1-c1ccco1. The van der Waals surface area contributed by atoms with Crippen molar-refractivity contribution < 1.29 is 23.5 Å². The maximum absolute atomic E-state index is 12.0. The Bertz CT molecular complexity index is 986. The number of hydrogen-bond donors (Lipinski definition) is 1. The molecule has 164 valence electrons. The van der Waals surface area contributed by atoms with Gasteiger partial charge in [0.15, 0.2) is 23.3 Å². The molecule has 0 radical (unpaired) electrons. The number of carbonyl (C=O) groups excluding carboxylic acids is 2. The lowest BCUT2D eigenvalue weighted by Gasteiger charge is -2.08. The highest BCUT2D eigenvalue weighted by molar-refractivity contribution is 7.99. The van der Waals surface area contributed by atoms with Crippen molar-refractivity contribution in [1.82, 2.24) is 20.1 Å². The molecule has 0 bridgehead atoms. The Labute approximate surface area is 184 Å². The van der Waals surface area contributed by atoms with Crippen LogP contribution in [0.15, 0.2) is 52.2 Å². The Morgan fingerprint density at radius 3 is 2.68 bits per heavy atom. The monoisotopic (exact) mass is 444 g/mol. The van der Waals surface area contributed by atoms with E-state index in [1.165, 1.54) is 11.8 Å². The van der Waals surface area contributed by atoms with Crippen LogP contribution in [0.1, 0.15) is 12.5 Å². The van der Waals surface area contributed by atoms with Gasteiger partial charge in [0.05, 0.1) is 19.1 Å². The number of methoxy groups -OCH3 is 1. The van der Waals surface area contributed by atoms with E-state index in [0.717, 1.165) is 11.3 Å². The minimum Gasteiger partial charge on any atom is -0.497 e. The van der Waals surface area contributed by atoms with Crippen LogP contribution in [0.2, 0.25) is 0 Å². The second-order valence-corrected chi connectivity index (χ2v) is 7.37. The number of ether oxygens (including phenoxy) is 2. The van der Waals surface area contributed by atoms with Gasteiger partial charge in [-0.15, -0.1) is 10.2 Å². The third-order valence-corrected chi connectivity index (χ3v) is 5.29. The van der Waals surface area contributed by atoms with Gasteiger partial charge in [0.2, 0.25) is 0 Å². The van der Waals surface area contributed by atoms with Crippen molar-refractivity contribution in [2.75, 3.05) is 26.0 Å². The molecule has 3 aromatic rings. The van der Waals surface area contributed by atoms with E-state index in [0.29, 0.717) is 36.3 Å². The van der Waals surface area contributed by atoms with Crippen LogP contribution in [0.3, 0.4) is 0 Å². The molecule has 0 aliphatic heterocycles. The molecule has 10 heteroatoms. The fraction of sp³-hybridized carbons (Fsp3) is 0.333. The van der Waals surface area contributed by atoms with Crippen LogP contribution in [0.4, 0.5) is 0 Å². The molecular formula is C21H24N4O5S. The highest BCUT2D eigenvalue weighted by atomic mass is 32.2. The van der Waals surface area contributed by atoms with E-state index >= 15 is 0 Å². The Morgan fingerprint density at radius 2 is 2.00 bits per heavy atom. The van der Waals surface area contributed by atoms with E-state index < -0.39 is 5.97 Å². The summed E-state index contributed by atoms with van der Waals surface area (Å²) < 4.78 is 17.4. The van der Waals surface area contributed by atoms with Crippen molar-refractivity contribution >= 4 is 23.6 Å². The molecule has 9 nitrogen and oxygen atoms in total. The molecule has 0 saturated heterocycles. The summed E-state index contributed by atoms with van der Waals surface area (Å²) in [5, 5.41) is 11.5. The van der Waals surface area contributed by atoms with Crippen LogP contribution in [0, 0.1) is 0 Å². The van der Waals surface area contributed by atoms with Gasteiger partial charge >= 0.3 is 5.97 Å². The molecule has 0 spiro atoms. The molecule has 0 fully saturated rings. The summed E-state index contributed by atoms with van der Waals surface area (Å²) in [4.78, 5) is 23.9. The second kappa shape index (κ2) is 11.2. The average Bonchev–Trinajstić information content (AvgIpc) is 3.46. The number of thioether (sulfide) groups is 1. The first-order chi connectivity index (χ1) is 15.1. The Kier molecular flexibility index (Phi) is 8.11. The normalized spacial score (nSPS) is 10.6. The van der Waals surface area contributed by atoms with Crippen LogP contribution in [-0.2, 0) is 27.3 Å². The van der Waals surface area contributed by atoms with Gasteiger partial charge in [-0.2, -0.15) is 0 Å². The smallest absolute Gasteiger partial charge is 0.316 e. The zero-order valence-corrected chi connectivity index (χ0v) is 18.2. The summed E-state index contributed by atoms with van der Waals surface area (Å²) in [5.41, 5.74) is 1.07. The van der Waals surface area contributed by atoms with E-state index in [4.69, 9.17) is 13.9 Å². The summed E-state index contributed by atoms with van der Waals surface area (Å²) in [5.74, 6) is 1.17. The van der Waals surface area contributed by atoms with Crippen LogP contribution < -0.4 is 10.1 Å². The molecule has 1 amide bonds. The van der Waals surface area contributed by atoms with Gasteiger partial charge in [-0.25, -0.2) is 0 Å². The highest BCUT2D eigenvalue weighted by Crippen LogP contribution is 2.24. The molecular weight excluding hydrogens is 420 g/mol. The van der Waals surface area contributed by atoms with E-state index in [1.807, 2.05) is 35.8 Å². The maximum Gasteiger partial charge on any atom is 0.316 e. The zero-order valence-electron chi connectivity index (χ0n) is 17.4. The van der Waals surface area contributed by atoms with Gasteiger partial charge in [0.25, 0.3) is 5.91 Å². The predicted octanol–water partition coefficient (Wildman–Crippen LogP) is 2.56. The molecule has 0 unspecified atom stereocenters. The number of furan rings is 1. The molecule has 31 heavy (non-hydrogen) atoms. The quantitative estimate of drug-likeness (QED) is 0.355.